The first kappa shape index (κ1) is 17.7. The highest BCUT2D eigenvalue weighted by Crippen LogP contribution is 2.21. The fourth-order valence-electron chi connectivity index (χ4n) is 2.73. The molecule has 25 heavy (non-hydrogen) atoms. The Bertz CT molecular complexity index is 711. The zero-order chi connectivity index (χ0) is 17.7. The molecule has 2 aromatic rings. The largest absolute Gasteiger partial charge is 0.387 e. The summed E-state index contributed by atoms with van der Waals surface area (Å²) in [5.74, 6) is 0.540. The van der Waals surface area contributed by atoms with Crippen molar-refractivity contribution in [1.29, 1.82) is 0 Å². The molecule has 1 fully saturated rings. The smallest absolute Gasteiger partial charge is 0.315 e. The standard InChI is InChI=1S/C17H21ClN4O3/c18-13-4-2-12(3-5-13)15-8-14(25-22-15)9-20-16(23)21-11-17(24)6-1-7-19-10-17/h2-5,8,19,24H,1,6-7,9-11H2,(H2,20,21,23). The lowest BCUT2D eigenvalue weighted by Crippen LogP contribution is -2.54. The minimum Gasteiger partial charge on any atom is -0.387 e. The molecule has 0 bridgehead atoms. The molecule has 0 radical (unpaired) electrons. The molecular weight excluding hydrogens is 344 g/mol. The Balaban J connectivity index is 1.47. The van der Waals surface area contributed by atoms with Crippen molar-refractivity contribution in [3.8, 4) is 11.3 Å². The number of rotatable bonds is 5. The number of aliphatic hydroxyl groups is 1. The van der Waals surface area contributed by atoms with Crippen molar-refractivity contribution in [2.24, 2.45) is 0 Å². The van der Waals surface area contributed by atoms with Crippen LogP contribution in [-0.4, -0.2) is 41.5 Å². The SMILES string of the molecule is O=C(NCc1cc(-c2ccc(Cl)cc2)no1)NCC1(O)CCCNC1. The fraction of sp³-hybridized carbons (Fsp3) is 0.412. The topological polar surface area (TPSA) is 99.4 Å². The monoisotopic (exact) mass is 364 g/mol. The highest BCUT2D eigenvalue weighted by molar-refractivity contribution is 6.30. The van der Waals surface area contributed by atoms with Crippen molar-refractivity contribution in [2.45, 2.75) is 25.0 Å². The number of carbonyl (C=O) groups is 1. The van der Waals surface area contributed by atoms with Gasteiger partial charge >= 0.3 is 6.03 Å². The fourth-order valence-corrected chi connectivity index (χ4v) is 2.86. The Hall–Kier alpha value is -2.09. The summed E-state index contributed by atoms with van der Waals surface area (Å²) < 4.78 is 5.23. The molecule has 8 heteroatoms. The second-order valence-corrected chi connectivity index (χ2v) is 6.66. The van der Waals surface area contributed by atoms with Gasteiger partial charge in [-0.05, 0) is 31.5 Å². The molecule has 0 aliphatic carbocycles. The third-order valence-electron chi connectivity index (χ3n) is 4.15. The van der Waals surface area contributed by atoms with Crippen LogP contribution in [-0.2, 0) is 6.54 Å². The number of nitrogens with zero attached hydrogens (tertiary/aromatic N) is 1. The Kier molecular flexibility index (Phi) is 5.57. The number of halogens is 1. The number of benzene rings is 1. The Morgan fingerprint density at radius 1 is 1.36 bits per heavy atom. The molecule has 2 heterocycles. The summed E-state index contributed by atoms with van der Waals surface area (Å²) in [5, 5.41) is 23.5. The molecule has 2 amide bonds. The van der Waals surface area contributed by atoms with E-state index in [9.17, 15) is 9.90 Å². The van der Waals surface area contributed by atoms with E-state index in [1.54, 1.807) is 18.2 Å². The van der Waals surface area contributed by atoms with Crippen LogP contribution in [0, 0.1) is 0 Å². The van der Waals surface area contributed by atoms with Gasteiger partial charge in [-0.1, -0.05) is 28.9 Å². The molecule has 0 saturated carbocycles. The molecule has 1 aromatic carbocycles. The quantitative estimate of drug-likeness (QED) is 0.649. The summed E-state index contributed by atoms with van der Waals surface area (Å²) in [6.45, 7) is 1.80. The van der Waals surface area contributed by atoms with Gasteiger partial charge in [0, 0.05) is 29.7 Å². The molecule has 1 aliphatic rings. The predicted molar refractivity (Wildman–Crippen MR) is 94.2 cm³/mol. The Labute approximate surface area is 150 Å². The number of nitrogens with one attached hydrogen (secondary N) is 3. The molecule has 1 saturated heterocycles. The Morgan fingerprint density at radius 3 is 2.88 bits per heavy atom. The van der Waals surface area contributed by atoms with E-state index in [4.69, 9.17) is 16.1 Å². The lowest BCUT2D eigenvalue weighted by atomic mass is 9.94. The number of amides is 2. The number of piperidine rings is 1. The maximum atomic E-state index is 11.9. The zero-order valence-electron chi connectivity index (χ0n) is 13.7. The van der Waals surface area contributed by atoms with Gasteiger partial charge in [-0.2, -0.15) is 0 Å². The molecule has 4 N–H and O–H groups in total. The predicted octanol–water partition coefficient (Wildman–Crippen LogP) is 1.91. The van der Waals surface area contributed by atoms with Crippen molar-refractivity contribution >= 4 is 17.6 Å². The maximum absolute atomic E-state index is 11.9. The molecule has 1 aromatic heterocycles. The van der Waals surface area contributed by atoms with Crippen LogP contribution in [0.1, 0.15) is 18.6 Å². The van der Waals surface area contributed by atoms with Crippen LogP contribution >= 0.6 is 11.6 Å². The van der Waals surface area contributed by atoms with Crippen LogP contribution in [0.5, 0.6) is 0 Å². The molecule has 3 rings (SSSR count). The number of hydrogen-bond donors (Lipinski definition) is 4. The third kappa shape index (κ3) is 4.94. The number of urea groups is 1. The van der Waals surface area contributed by atoms with E-state index >= 15 is 0 Å². The van der Waals surface area contributed by atoms with E-state index in [1.165, 1.54) is 0 Å². The van der Waals surface area contributed by atoms with Crippen LogP contribution in [0.3, 0.4) is 0 Å². The van der Waals surface area contributed by atoms with Gasteiger partial charge in [0.2, 0.25) is 0 Å². The number of aromatic nitrogens is 1. The highest BCUT2D eigenvalue weighted by Gasteiger charge is 2.29. The van der Waals surface area contributed by atoms with Crippen LogP contribution in [0.2, 0.25) is 5.02 Å². The molecule has 1 aliphatic heterocycles. The van der Waals surface area contributed by atoms with Crippen LogP contribution in [0.25, 0.3) is 11.3 Å². The second-order valence-electron chi connectivity index (χ2n) is 6.23. The van der Waals surface area contributed by atoms with Crippen molar-refractivity contribution in [3.05, 3.63) is 41.1 Å². The molecular formula is C17H21ClN4O3. The maximum Gasteiger partial charge on any atom is 0.315 e. The van der Waals surface area contributed by atoms with Gasteiger partial charge in [0.1, 0.15) is 5.69 Å². The molecule has 7 nitrogen and oxygen atoms in total. The number of β-amino-alcohol motifs (C(OH)–C–C–N with tert-alkyl or cyclic N) is 1. The minimum atomic E-state index is -0.885. The summed E-state index contributed by atoms with van der Waals surface area (Å²) in [6.07, 6.45) is 1.57. The van der Waals surface area contributed by atoms with Crippen molar-refractivity contribution < 1.29 is 14.4 Å². The summed E-state index contributed by atoms with van der Waals surface area (Å²) >= 11 is 5.86. The summed E-state index contributed by atoms with van der Waals surface area (Å²) in [4.78, 5) is 11.9. The molecule has 1 atom stereocenters. The van der Waals surface area contributed by atoms with Crippen LogP contribution in [0.15, 0.2) is 34.9 Å². The van der Waals surface area contributed by atoms with Crippen molar-refractivity contribution in [1.82, 2.24) is 21.1 Å². The van der Waals surface area contributed by atoms with Crippen molar-refractivity contribution in [3.63, 3.8) is 0 Å². The van der Waals surface area contributed by atoms with Gasteiger partial charge < -0.3 is 25.6 Å². The van der Waals surface area contributed by atoms with Gasteiger partial charge in [-0.25, -0.2) is 4.79 Å². The minimum absolute atomic E-state index is 0.207. The molecule has 134 valence electrons. The molecule has 1 unspecified atom stereocenters. The summed E-state index contributed by atoms with van der Waals surface area (Å²) in [7, 11) is 0. The highest BCUT2D eigenvalue weighted by atomic mass is 35.5. The van der Waals surface area contributed by atoms with Crippen LogP contribution in [0.4, 0.5) is 4.79 Å². The van der Waals surface area contributed by atoms with Gasteiger partial charge in [0.05, 0.1) is 12.1 Å². The normalized spacial score (nSPS) is 20.2. The summed E-state index contributed by atoms with van der Waals surface area (Å²) in [5.41, 5.74) is 0.677. The van der Waals surface area contributed by atoms with E-state index in [2.05, 4.69) is 21.1 Å². The van der Waals surface area contributed by atoms with Gasteiger partial charge in [0.25, 0.3) is 0 Å². The van der Waals surface area contributed by atoms with E-state index in [0.717, 1.165) is 18.5 Å². The van der Waals surface area contributed by atoms with E-state index in [-0.39, 0.29) is 19.1 Å². The number of hydrogen-bond acceptors (Lipinski definition) is 5. The molecule has 0 spiro atoms. The average molecular weight is 365 g/mol. The zero-order valence-corrected chi connectivity index (χ0v) is 14.5. The van der Waals surface area contributed by atoms with Crippen LogP contribution < -0.4 is 16.0 Å². The lowest BCUT2D eigenvalue weighted by molar-refractivity contribution is 0.0194. The second kappa shape index (κ2) is 7.86. The van der Waals surface area contributed by atoms with Gasteiger partial charge in [-0.15, -0.1) is 0 Å². The first-order valence-electron chi connectivity index (χ1n) is 8.20. The lowest BCUT2D eigenvalue weighted by Gasteiger charge is -2.32. The van der Waals surface area contributed by atoms with E-state index in [0.29, 0.717) is 29.4 Å². The van der Waals surface area contributed by atoms with E-state index in [1.807, 2.05) is 12.1 Å². The Morgan fingerprint density at radius 2 is 2.16 bits per heavy atom. The van der Waals surface area contributed by atoms with E-state index < -0.39 is 5.60 Å². The van der Waals surface area contributed by atoms with Gasteiger partial charge in [-0.3, -0.25) is 0 Å². The third-order valence-corrected chi connectivity index (χ3v) is 4.40. The first-order chi connectivity index (χ1) is 12.0. The number of carbonyl (C=O) groups excluding carboxylic acids is 1. The van der Waals surface area contributed by atoms with Gasteiger partial charge in [0.15, 0.2) is 5.76 Å². The van der Waals surface area contributed by atoms with Crippen molar-refractivity contribution in [2.75, 3.05) is 19.6 Å². The average Bonchev–Trinajstić information content (AvgIpc) is 3.08. The summed E-state index contributed by atoms with van der Waals surface area (Å²) in [6, 6.07) is 8.67. The first-order valence-corrected chi connectivity index (χ1v) is 8.58.